The molecule has 0 fully saturated rings. The Labute approximate surface area is 82.4 Å². The van der Waals surface area contributed by atoms with Gasteiger partial charge in [-0.1, -0.05) is 0 Å². The van der Waals surface area contributed by atoms with E-state index in [2.05, 4.69) is 4.74 Å². The lowest BCUT2D eigenvalue weighted by Crippen LogP contribution is -2.34. The van der Waals surface area contributed by atoms with Crippen molar-refractivity contribution < 1.29 is 28.8 Å². The topological polar surface area (TPSA) is 93.7 Å². The number of hydrogen-bond acceptors (Lipinski definition) is 5. The number of halogens is 2. The predicted molar refractivity (Wildman–Crippen MR) is 41.1 cm³/mol. The van der Waals surface area contributed by atoms with E-state index < -0.39 is 29.1 Å². The molecule has 0 spiro atoms. The molecule has 7 heteroatoms. The smallest absolute Gasteiger partial charge is 0.417 e. The van der Waals surface area contributed by atoms with Gasteiger partial charge in [0.05, 0.1) is 0 Å². The molecule has 0 amide bonds. The summed E-state index contributed by atoms with van der Waals surface area (Å²) in [4.78, 5) is 0. The van der Waals surface area contributed by atoms with Crippen LogP contribution in [0.3, 0.4) is 0 Å². The maximum absolute atomic E-state index is 12.9. The van der Waals surface area contributed by atoms with Crippen LogP contribution in [0.1, 0.15) is 5.56 Å². The Morgan fingerprint density at radius 1 is 1.20 bits per heavy atom. The molecule has 0 bridgehead atoms. The molecule has 0 saturated carbocycles. The molecule has 1 aromatic rings. The molecule has 0 heterocycles. The number of benzene rings is 1. The van der Waals surface area contributed by atoms with Crippen molar-refractivity contribution in [3.05, 3.63) is 29.3 Å². The van der Waals surface area contributed by atoms with Crippen LogP contribution in [0.2, 0.25) is 0 Å². The van der Waals surface area contributed by atoms with Crippen molar-refractivity contribution in [2.45, 2.75) is 6.16 Å². The Hall–Kier alpha value is -1.75. The summed E-state index contributed by atoms with van der Waals surface area (Å²) in [5.41, 5.74) is -0.832. The Kier molecular flexibility index (Phi) is 2.85. The molecule has 0 atom stereocenters. The highest BCUT2D eigenvalue weighted by Crippen LogP contribution is 2.21. The molecule has 0 saturated heterocycles. The third kappa shape index (κ3) is 2.85. The first-order chi connectivity index (χ1) is 6.83. The van der Waals surface area contributed by atoms with E-state index in [4.69, 9.17) is 20.6 Å². The van der Waals surface area contributed by atoms with Gasteiger partial charge in [0.15, 0.2) is 0 Å². The van der Waals surface area contributed by atoms with Gasteiger partial charge in [-0.25, -0.2) is 8.78 Å². The fraction of sp³-hybridized carbons (Fsp3) is 0.125. The molecule has 1 rings (SSSR count). The summed E-state index contributed by atoms with van der Waals surface area (Å²) in [5, 5.41) is 33.4. The summed E-state index contributed by atoms with van der Waals surface area (Å²) >= 11 is 0. The molecule has 5 nitrogen and oxygen atoms in total. The van der Waals surface area contributed by atoms with E-state index in [9.17, 15) is 8.78 Å². The number of hydrogen-bond donors (Lipinski definition) is 3. The summed E-state index contributed by atoms with van der Waals surface area (Å²) < 4.78 is 29.7. The molecule has 15 heavy (non-hydrogen) atoms. The fourth-order valence-corrected chi connectivity index (χ4v) is 0.874. The quantitative estimate of drug-likeness (QED) is 0.596. The minimum absolute atomic E-state index is 0.527. The second-order valence-electron chi connectivity index (χ2n) is 2.55. The van der Waals surface area contributed by atoms with Gasteiger partial charge in [-0.2, -0.15) is 5.26 Å². The van der Waals surface area contributed by atoms with Crippen molar-refractivity contribution in [1.29, 1.82) is 5.26 Å². The van der Waals surface area contributed by atoms with Crippen LogP contribution >= 0.6 is 0 Å². The highest BCUT2D eigenvalue weighted by atomic mass is 19.1. The Morgan fingerprint density at radius 3 is 2.00 bits per heavy atom. The van der Waals surface area contributed by atoms with Crippen molar-refractivity contribution in [2.75, 3.05) is 0 Å². The Bertz CT molecular complexity index is 399. The van der Waals surface area contributed by atoms with Gasteiger partial charge >= 0.3 is 6.16 Å². The molecule has 0 radical (unpaired) electrons. The Balaban J connectivity index is 3.11. The van der Waals surface area contributed by atoms with E-state index in [-0.39, 0.29) is 0 Å². The minimum atomic E-state index is -3.53. The van der Waals surface area contributed by atoms with Gasteiger partial charge in [-0.3, -0.25) is 0 Å². The molecule has 0 aromatic heterocycles. The van der Waals surface area contributed by atoms with E-state index in [0.29, 0.717) is 12.1 Å². The number of nitriles is 1. The van der Waals surface area contributed by atoms with Crippen LogP contribution < -0.4 is 4.74 Å². The molecule has 0 aliphatic heterocycles. The number of nitrogens with zero attached hydrogens (tertiary/aromatic N) is 1. The standard InChI is InChI=1S/C8H5F2NO4/c9-6-1-4(15-8(12,13)14)2-7(10)5(6)3-11/h1-2,12-14H. The van der Waals surface area contributed by atoms with Crippen LogP contribution in [0.25, 0.3) is 0 Å². The molecule has 1 aromatic carbocycles. The van der Waals surface area contributed by atoms with Gasteiger partial charge in [0.25, 0.3) is 0 Å². The van der Waals surface area contributed by atoms with Crippen molar-refractivity contribution in [1.82, 2.24) is 0 Å². The lowest BCUT2D eigenvalue weighted by molar-refractivity contribution is -0.419. The van der Waals surface area contributed by atoms with Crippen molar-refractivity contribution in [3.8, 4) is 11.8 Å². The first-order valence-corrected chi connectivity index (χ1v) is 3.59. The SMILES string of the molecule is N#Cc1c(F)cc(OC(O)(O)O)cc1F. The lowest BCUT2D eigenvalue weighted by atomic mass is 10.2. The highest BCUT2D eigenvalue weighted by Gasteiger charge is 2.22. The normalized spacial score (nSPS) is 10.9. The lowest BCUT2D eigenvalue weighted by Gasteiger charge is -2.15. The summed E-state index contributed by atoms with van der Waals surface area (Å²) in [5.74, 6) is -3.15. The zero-order chi connectivity index (χ0) is 11.6. The molecule has 0 unspecified atom stereocenters. The third-order valence-corrected chi connectivity index (χ3v) is 1.38. The van der Waals surface area contributed by atoms with Gasteiger partial charge in [-0.15, -0.1) is 0 Å². The maximum Gasteiger partial charge on any atom is 0.453 e. The molecule has 3 N–H and O–H groups in total. The molecular weight excluding hydrogens is 212 g/mol. The zero-order valence-corrected chi connectivity index (χ0v) is 7.11. The van der Waals surface area contributed by atoms with Gasteiger partial charge in [0.2, 0.25) is 0 Å². The van der Waals surface area contributed by atoms with Crippen LogP contribution in [0.15, 0.2) is 12.1 Å². The summed E-state index contributed by atoms with van der Waals surface area (Å²) in [6.45, 7) is 0. The van der Waals surface area contributed by atoms with Crippen LogP contribution in [-0.4, -0.2) is 21.5 Å². The second kappa shape index (κ2) is 3.78. The van der Waals surface area contributed by atoms with Gasteiger partial charge in [0, 0.05) is 12.1 Å². The number of aliphatic hydroxyl groups is 3. The van der Waals surface area contributed by atoms with E-state index in [0.717, 1.165) is 0 Å². The summed E-state index contributed by atoms with van der Waals surface area (Å²) in [6.07, 6.45) is -3.53. The van der Waals surface area contributed by atoms with E-state index in [1.165, 1.54) is 6.07 Å². The highest BCUT2D eigenvalue weighted by molar-refractivity contribution is 5.37. The summed E-state index contributed by atoms with van der Waals surface area (Å²) in [6, 6.07) is 2.31. The molecule has 0 aliphatic rings. The van der Waals surface area contributed by atoms with Crippen LogP contribution in [0.5, 0.6) is 5.75 Å². The average molecular weight is 217 g/mol. The van der Waals surface area contributed by atoms with E-state index in [1.807, 2.05) is 0 Å². The molecule has 0 aliphatic carbocycles. The Morgan fingerprint density at radius 2 is 1.67 bits per heavy atom. The predicted octanol–water partition coefficient (Wildman–Crippen LogP) is -0.197. The van der Waals surface area contributed by atoms with Gasteiger partial charge in [0.1, 0.15) is 29.0 Å². The van der Waals surface area contributed by atoms with Crippen LogP contribution in [-0.2, 0) is 0 Å². The van der Waals surface area contributed by atoms with E-state index >= 15 is 0 Å². The minimum Gasteiger partial charge on any atom is -0.417 e. The number of rotatable bonds is 2. The van der Waals surface area contributed by atoms with Gasteiger partial charge < -0.3 is 20.1 Å². The van der Waals surface area contributed by atoms with Crippen molar-refractivity contribution >= 4 is 0 Å². The van der Waals surface area contributed by atoms with Crippen LogP contribution in [0.4, 0.5) is 8.78 Å². The van der Waals surface area contributed by atoms with Gasteiger partial charge in [-0.05, 0) is 0 Å². The summed E-state index contributed by atoms with van der Waals surface area (Å²) in [7, 11) is 0. The fourth-order valence-electron chi connectivity index (χ4n) is 0.874. The molecular formula is C8H5F2NO4. The third-order valence-electron chi connectivity index (χ3n) is 1.38. The largest absolute Gasteiger partial charge is 0.453 e. The van der Waals surface area contributed by atoms with Crippen LogP contribution in [0, 0.1) is 23.0 Å². The van der Waals surface area contributed by atoms with Crippen molar-refractivity contribution in [3.63, 3.8) is 0 Å². The average Bonchev–Trinajstić information content (AvgIpc) is 1.99. The maximum atomic E-state index is 12.9. The first kappa shape index (κ1) is 11.3. The molecule has 80 valence electrons. The monoisotopic (exact) mass is 217 g/mol. The van der Waals surface area contributed by atoms with E-state index in [1.54, 1.807) is 0 Å². The number of ether oxygens (including phenoxy) is 1. The second-order valence-corrected chi connectivity index (χ2v) is 2.55. The first-order valence-electron chi connectivity index (χ1n) is 3.59. The van der Waals surface area contributed by atoms with Crippen molar-refractivity contribution in [2.24, 2.45) is 0 Å². The zero-order valence-electron chi connectivity index (χ0n) is 7.11.